The first-order valence-electron chi connectivity index (χ1n) is 1.80. The van der Waals surface area contributed by atoms with Crippen molar-refractivity contribution in [2.45, 2.75) is 17.9 Å². The molecule has 0 spiro atoms. The van der Waals surface area contributed by atoms with E-state index in [1.807, 2.05) is 6.92 Å². The number of alkyl halides is 1. The minimum Gasteiger partial charge on any atom is -0.326 e. The minimum absolute atomic E-state index is 0. The third-order valence-corrected chi connectivity index (χ3v) is 1.34. The second-order valence-corrected chi connectivity index (χ2v) is 2.36. The SMILES string of the molecule is Br.CC(N)[C@H](N)Br. The summed E-state index contributed by atoms with van der Waals surface area (Å²) in [6.07, 6.45) is 0. The molecule has 0 aliphatic carbocycles. The van der Waals surface area contributed by atoms with Crippen LogP contribution in [0.2, 0.25) is 0 Å². The Bertz CT molecular complexity index is 31.9. The summed E-state index contributed by atoms with van der Waals surface area (Å²) in [4.78, 5) is -0.0579. The number of rotatable bonds is 1. The van der Waals surface area contributed by atoms with Crippen LogP contribution in [0, 0.1) is 0 Å². The molecule has 2 atom stereocenters. The first-order chi connectivity index (χ1) is 2.64. The van der Waals surface area contributed by atoms with Gasteiger partial charge in [0.2, 0.25) is 0 Å². The van der Waals surface area contributed by atoms with Crippen molar-refractivity contribution >= 4 is 32.9 Å². The molecule has 0 fully saturated rings. The summed E-state index contributed by atoms with van der Waals surface area (Å²) in [5.41, 5.74) is 10.5. The molecule has 0 aromatic heterocycles. The molecular formula is C3H10Br2N2. The van der Waals surface area contributed by atoms with Gasteiger partial charge in [0.25, 0.3) is 0 Å². The van der Waals surface area contributed by atoms with Gasteiger partial charge < -0.3 is 11.5 Å². The number of hydrogen-bond donors (Lipinski definition) is 2. The van der Waals surface area contributed by atoms with E-state index in [0.717, 1.165) is 0 Å². The van der Waals surface area contributed by atoms with Crippen molar-refractivity contribution in [3.05, 3.63) is 0 Å². The second-order valence-electron chi connectivity index (χ2n) is 1.30. The molecule has 4 N–H and O–H groups in total. The van der Waals surface area contributed by atoms with Gasteiger partial charge in [-0.15, -0.1) is 17.0 Å². The van der Waals surface area contributed by atoms with Gasteiger partial charge >= 0.3 is 0 Å². The Kier molecular flexibility index (Phi) is 7.74. The highest BCUT2D eigenvalue weighted by Crippen LogP contribution is 1.91. The van der Waals surface area contributed by atoms with E-state index in [0.29, 0.717) is 0 Å². The molecule has 46 valence electrons. The topological polar surface area (TPSA) is 52.0 Å². The smallest absolute Gasteiger partial charge is 0.0756 e. The summed E-state index contributed by atoms with van der Waals surface area (Å²) in [7, 11) is 0. The lowest BCUT2D eigenvalue weighted by Gasteiger charge is -2.04. The lowest BCUT2D eigenvalue weighted by atomic mass is 10.4. The molecular weight excluding hydrogens is 224 g/mol. The van der Waals surface area contributed by atoms with Crippen LogP contribution in [0.1, 0.15) is 6.92 Å². The summed E-state index contributed by atoms with van der Waals surface area (Å²) >= 11 is 3.09. The van der Waals surface area contributed by atoms with Gasteiger partial charge in [0.1, 0.15) is 0 Å². The van der Waals surface area contributed by atoms with Gasteiger partial charge in [0.15, 0.2) is 0 Å². The van der Waals surface area contributed by atoms with E-state index in [1.54, 1.807) is 0 Å². The maximum atomic E-state index is 5.26. The standard InChI is InChI=1S/C3H9BrN2.BrH/c1-2(5)3(4)6;/h2-3H,5-6H2,1H3;1H/t2?,3-;/m0./s1. The van der Waals surface area contributed by atoms with Crippen LogP contribution in [-0.2, 0) is 0 Å². The van der Waals surface area contributed by atoms with Crippen LogP contribution in [-0.4, -0.2) is 11.0 Å². The van der Waals surface area contributed by atoms with E-state index in [1.165, 1.54) is 0 Å². The fourth-order valence-electron chi connectivity index (χ4n) is 0. The molecule has 1 unspecified atom stereocenters. The van der Waals surface area contributed by atoms with Crippen LogP contribution in [0.4, 0.5) is 0 Å². The highest BCUT2D eigenvalue weighted by molar-refractivity contribution is 9.09. The minimum atomic E-state index is -0.0579. The Morgan fingerprint density at radius 1 is 1.43 bits per heavy atom. The predicted molar refractivity (Wildman–Crippen MR) is 40.9 cm³/mol. The number of nitrogens with two attached hydrogens (primary N) is 2. The van der Waals surface area contributed by atoms with E-state index in [9.17, 15) is 0 Å². The summed E-state index contributed by atoms with van der Waals surface area (Å²) in [5, 5.41) is 0. The Balaban J connectivity index is 0. The first-order valence-corrected chi connectivity index (χ1v) is 2.71. The van der Waals surface area contributed by atoms with E-state index >= 15 is 0 Å². The highest BCUT2D eigenvalue weighted by atomic mass is 79.9. The summed E-state index contributed by atoms with van der Waals surface area (Å²) in [6.45, 7) is 1.85. The van der Waals surface area contributed by atoms with E-state index in [-0.39, 0.29) is 28.0 Å². The van der Waals surface area contributed by atoms with Crippen molar-refractivity contribution < 1.29 is 0 Å². The van der Waals surface area contributed by atoms with Crippen LogP contribution in [0.5, 0.6) is 0 Å². The molecule has 0 aliphatic rings. The van der Waals surface area contributed by atoms with Crippen molar-refractivity contribution in [3.8, 4) is 0 Å². The van der Waals surface area contributed by atoms with Crippen molar-refractivity contribution in [2.75, 3.05) is 0 Å². The predicted octanol–water partition coefficient (Wildman–Crippen LogP) is 0.591. The van der Waals surface area contributed by atoms with Gasteiger partial charge in [0.05, 0.1) is 4.95 Å². The zero-order chi connectivity index (χ0) is 5.15. The molecule has 0 aromatic carbocycles. The summed E-state index contributed by atoms with van der Waals surface area (Å²) in [6, 6.07) is 0.0463. The van der Waals surface area contributed by atoms with Gasteiger partial charge in [-0.25, -0.2) is 0 Å². The Hall–Kier alpha value is 0.880. The molecule has 4 heteroatoms. The maximum absolute atomic E-state index is 5.26. The highest BCUT2D eigenvalue weighted by Gasteiger charge is 1.98. The molecule has 0 bridgehead atoms. The molecule has 0 rings (SSSR count). The van der Waals surface area contributed by atoms with Gasteiger partial charge in [-0.2, -0.15) is 0 Å². The molecule has 0 amide bonds. The molecule has 0 heterocycles. The van der Waals surface area contributed by atoms with E-state index < -0.39 is 0 Å². The molecule has 0 aliphatic heterocycles. The second kappa shape index (κ2) is 5.03. The lowest BCUT2D eigenvalue weighted by molar-refractivity contribution is 0.719. The molecule has 0 radical (unpaired) electrons. The van der Waals surface area contributed by atoms with Crippen molar-refractivity contribution in [3.63, 3.8) is 0 Å². The van der Waals surface area contributed by atoms with Gasteiger partial charge in [0, 0.05) is 6.04 Å². The quantitative estimate of drug-likeness (QED) is 0.515. The third-order valence-electron chi connectivity index (χ3n) is 0.502. The lowest BCUT2D eigenvalue weighted by Crippen LogP contribution is -2.33. The van der Waals surface area contributed by atoms with Crippen LogP contribution >= 0.6 is 32.9 Å². The largest absolute Gasteiger partial charge is 0.326 e. The van der Waals surface area contributed by atoms with Crippen molar-refractivity contribution in [2.24, 2.45) is 11.5 Å². The molecule has 0 saturated heterocycles. The number of halogens is 2. The van der Waals surface area contributed by atoms with E-state index in [4.69, 9.17) is 11.5 Å². The summed E-state index contributed by atoms with van der Waals surface area (Å²) < 4.78 is 0. The Morgan fingerprint density at radius 2 is 1.57 bits per heavy atom. The van der Waals surface area contributed by atoms with Crippen molar-refractivity contribution in [1.82, 2.24) is 0 Å². The summed E-state index contributed by atoms with van der Waals surface area (Å²) in [5.74, 6) is 0. The monoisotopic (exact) mass is 232 g/mol. The zero-order valence-corrected chi connectivity index (χ0v) is 7.39. The Labute approximate surface area is 62.5 Å². The average Bonchev–Trinajstić information content (AvgIpc) is 1.36. The van der Waals surface area contributed by atoms with Crippen LogP contribution in [0.25, 0.3) is 0 Å². The Morgan fingerprint density at radius 3 is 1.57 bits per heavy atom. The fourth-order valence-corrected chi connectivity index (χ4v) is 0. The van der Waals surface area contributed by atoms with Crippen molar-refractivity contribution in [1.29, 1.82) is 0 Å². The third kappa shape index (κ3) is 6.88. The van der Waals surface area contributed by atoms with Crippen LogP contribution in [0.15, 0.2) is 0 Å². The number of hydrogen-bond acceptors (Lipinski definition) is 2. The maximum Gasteiger partial charge on any atom is 0.0756 e. The zero-order valence-electron chi connectivity index (χ0n) is 4.10. The van der Waals surface area contributed by atoms with Crippen LogP contribution < -0.4 is 11.5 Å². The molecule has 7 heavy (non-hydrogen) atoms. The molecule has 0 aromatic rings. The first kappa shape index (κ1) is 10.8. The fraction of sp³-hybridized carbons (Fsp3) is 1.00. The normalized spacial score (nSPS) is 17.1. The van der Waals surface area contributed by atoms with Gasteiger partial charge in [-0.05, 0) is 6.92 Å². The van der Waals surface area contributed by atoms with Gasteiger partial charge in [-0.1, -0.05) is 15.9 Å². The molecule has 0 saturated carbocycles. The van der Waals surface area contributed by atoms with Crippen LogP contribution in [0.3, 0.4) is 0 Å². The van der Waals surface area contributed by atoms with E-state index in [2.05, 4.69) is 15.9 Å². The average molecular weight is 234 g/mol. The van der Waals surface area contributed by atoms with Gasteiger partial charge in [-0.3, -0.25) is 0 Å². The molecule has 2 nitrogen and oxygen atoms in total.